The Kier molecular flexibility index (Phi) is 4.36. The second-order valence-electron chi connectivity index (χ2n) is 5.38. The van der Waals surface area contributed by atoms with Crippen LogP contribution in [0.25, 0.3) is 0 Å². The average molecular weight is 301 g/mol. The second kappa shape index (κ2) is 6.41. The quantitative estimate of drug-likeness (QED) is 0.871. The van der Waals surface area contributed by atoms with E-state index in [9.17, 15) is 4.79 Å². The Bertz CT molecular complexity index is 609. The summed E-state index contributed by atoms with van der Waals surface area (Å²) in [6, 6.07) is 12.2. The molecule has 1 aliphatic heterocycles. The first-order valence-electron chi connectivity index (χ1n) is 7.21. The average Bonchev–Trinajstić information content (AvgIpc) is 3.02. The van der Waals surface area contributed by atoms with E-state index < -0.39 is 0 Å². The number of aryl methyl sites for hydroxylation is 1. The van der Waals surface area contributed by atoms with Crippen molar-refractivity contribution < 1.29 is 9.53 Å². The van der Waals surface area contributed by atoms with Crippen LogP contribution in [-0.2, 0) is 16.0 Å². The van der Waals surface area contributed by atoms with Gasteiger partial charge in [0.2, 0.25) is 5.91 Å². The summed E-state index contributed by atoms with van der Waals surface area (Å²) >= 11 is 1.69. The lowest BCUT2D eigenvalue weighted by Gasteiger charge is -2.32. The molecule has 1 atom stereocenters. The molecule has 0 spiro atoms. The molecule has 4 heteroatoms. The van der Waals surface area contributed by atoms with Crippen molar-refractivity contribution in [2.45, 2.75) is 19.4 Å². The van der Waals surface area contributed by atoms with Gasteiger partial charge in [-0.25, -0.2) is 0 Å². The number of rotatable bonds is 3. The van der Waals surface area contributed by atoms with Crippen LogP contribution >= 0.6 is 11.3 Å². The van der Waals surface area contributed by atoms with E-state index in [1.165, 1.54) is 10.4 Å². The fourth-order valence-electron chi connectivity index (χ4n) is 2.63. The largest absolute Gasteiger partial charge is 0.369 e. The lowest BCUT2D eigenvalue weighted by atomic mass is 10.1. The summed E-state index contributed by atoms with van der Waals surface area (Å²) in [5.74, 6) is 0.186. The molecule has 1 aliphatic rings. The Morgan fingerprint density at radius 2 is 2.29 bits per heavy atom. The minimum atomic E-state index is 0.0280. The molecular formula is C17H19NO2S. The molecule has 21 heavy (non-hydrogen) atoms. The van der Waals surface area contributed by atoms with E-state index in [0.717, 1.165) is 5.56 Å². The van der Waals surface area contributed by atoms with Gasteiger partial charge in [0.25, 0.3) is 0 Å². The third-order valence-corrected chi connectivity index (χ3v) is 4.68. The summed E-state index contributed by atoms with van der Waals surface area (Å²) in [5, 5.41) is 2.05. The predicted molar refractivity (Wildman–Crippen MR) is 84.5 cm³/mol. The Balaban J connectivity index is 1.64. The van der Waals surface area contributed by atoms with Gasteiger partial charge in [-0.15, -0.1) is 11.3 Å². The van der Waals surface area contributed by atoms with E-state index in [0.29, 0.717) is 26.1 Å². The molecule has 0 radical (unpaired) electrons. The van der Waals surface area contributed by atoms with E-state index in [2.05, 4.69) is 25.1 Å². The number of hydrogen-bond donors (Lipinski definition) is 0. The lowest BCUT2D eigenvalue weighted by molar-refractivity contribution is -0.138. The molecular weight excluding hydrogens is 282 g/mol. The zero-order valence-electron chi connectivity index (χ0n) is 12.1. The van der Waals surface area contributed by atoms with Gasteiger partial charge in [-0.1, -0.05) is 35.9 Å². The van der Waals surface area contributed by atoms with Gasteiger partial charge < -0.3 is 9.64 Å². The van der Waals surface area contributed by atoms with E-state index in [1.54, 1.807) is 11.3 Å². The molecule has 2 heterocycles. The van der Waals surface area contributed by atoms with Gasteiger partial charge in [-0.3, -0.25) is 4.79 Å². The first-order valence-corrected chi connectivity index (χ1v) is 8.08. The molecule has 1 amide bonds. The predicted octanol–water partition coefficient (Wildman–Crippen LogP) is 3.20. The highest BCUT2D eigenvalue weighted by Gasteiger charge is 2.25. The minimum absolute atomic E-state index is 0.0280. The van der Waals surface area contributed by atoms with Crippen LogP contribution in [0, 0.1) is 6.92 Å². The summed E-state index contributed by atoms with van der Waals surface area (Å²) < 4.78 is 5.79. The van der Waals surface area contributed by atoms with Crippen molar-refractivity contribution in [3.05, 3.63) is 57.8 Å². The summed E-state index contributed by atoms with van der Waals surface area (Å²) in [7, 11) is 0. The number of morpholine rings is 1. The third kappa shape index (κ3) is 3.52. The Labute approximate surface area is 129 Å². The maximum absolute atomic E-state index is 12.5. The third-order valence-electron chi connectivity index (χ3n) is 3.72. The van der Waals surface area contributed by atoms with E-state index in [1.807, 2.05) is 28.5 Å². The molecule has 0 saturated carbocycles. The normalized spacial score (nSPS) is 18.7. The monoisotopic (exact) mass is 301 g/mol. The molecule has 3 nitrogen and oxygen atoms in total. The van der Waals surface area contributed by atoms with Crippen molar-refractivity contribution in [3.8, 4) is 0 Å². The topological polar surface area (TPSA) is 29.5 Å². The van der Waals surface area contributed by atoms with E-state index in [-0.39, 0.29) is 12.0 Å². The highest BCUT2D eigenvalue weighted by Crippen LogP contribution is 2.26. The smallest absolute Gasteiger partial charge is 0.227 e. The van der Waals surface area contributed by atoms with Crippen LogP contribution < -0.4 is 0 Å². The minimum Gasteiger partial charge on any atom is -0.369 e. The molecule has 1 saturated heterocycles. The van der Waals surface area contributed by atoms with Crippen molar-refractivity contribution in [2.24, 2.45) is 0 Å². The van der Waals surface area contributed by atoms with Crippen LogP contribution in [0.15, 0.2) is 41.8 Å². The Morgan fingerprint density at radius 1 is 1.38 bits per heavy atom. The summed E-state index contributed by atoms with van der Waals surface area (Å²) in [6.07, 6.45) is 0.499. The first-order chi connectivity index (χ1) is 10.2. The van der Waals surface area contributed by atoms with Gasteiger partial charge in [0.1, 0.15) is 6.10 Å². The van der Waals surface area contributed by atoms with Crippen molar-refractivity contribution in [3.63, 3.8) is 0 Å². The van der Waals surface area contributed by atoms with Gasteiger partial charge in [-0.2, -0.15) is 0 Å². The molecule has 0 N–H and O–H groups in total. The highest BCUT2D eigenvalue weighted by atomic mass is 32.1. The van der Waals surface area contributed by atoms with Gasteiger partial charge in [-0.05, 0) is 23.9 Å². The molecule has 110 valence electrons. The number of ether oxygens (including phenoxy) is 1. The second-order valence-corrected chi connectivity index (χ2v) is 6.36. The van der Waals surface area contributed by atoms with Crippen molar-refractivity contribution in [2.75, 3.05) is 19.7 Å². The maximum Gasteiger partial charge on any atom is 0.227 e. The van der Waals surface area contributed by atoms with Gasteiger partial charge in [0.05, 0.1) is 19.6 Å². The van der Waals surface area contributed by atoms with Gasteiger partial charge in [0.15, 0.2) is 0 Å². The number of nitrogens with zero attached hydrogens (tertiary/aromatic N) is 1. The lowest BCUT2D eigenvalue weighted by Crippen LogP contribution is -2.42. The van der Waals surface area contributed by atoms with Gasteiger partial charge >= 0.3 is 0 Å². The number of carbonyl (C=O) groups excluding carboxylic acids is 1. The van der Waals surface area contributed by atoms with Crippen molar-refractivity contribution in [1.82, 2.24) is 4.90 Å². The van der Waals surface area contributed by atoms with Crippen LogP contribution in [-0.4, -0.2) is 30.5 Å². The number of thiophene rings is 1. The molecule has 0 bridgehead atoms. The number of hydrogen-bond acceptors (Lipinski definition) is 3. The van der Waals surface area contributed by atoms with Crippen molar-refractivity contribution >= 4 is 17.2 Å². The maximum atomic E-state index is 12.5. The standard InChI is InChI=1S/C17H19NO2S/c1-13-4-2-5-14(10-13)11-17(19)18-7-8-20-15(12-18)16-6-3-9-21-16/h2-6,9-10,15H,7-8,11-12H2,1H3. The fourth-order valence-corrected chi connectivity index (χ4v) is 3.40. The van der Waals surface area contributed by atoms with Crippen LogP contribution in [0.1, 0.15) is 22.1 Å². The molecule has 2 aromatic rings. The van der Waals surface area contributed by atoms with Crippen LogP contribution in [0.5, 0.6) is 0 Å². The SMILES string of the molecule is Cc1cccc(CC(=O)N2CCOC(c3cccs3)C2)c1. The Hall–Kier alpha value is -1.65. The highest BCUT2D eigenvalue weighted by molar-refractivity contribution is 7.10. The zero-order chi connectivity index (χ0) is 14.7. The summed E-state index contributed by atoms with van der Waals surface area (Å²) in [6.45, 7) is 4.01. The number of carbonyl (C=O) groups is 1. The molecule has 1 aromatic heterocycles. The fraction of sp³-hybridized carbons (Fsp3) is 0.353. The zero-order valence-corrected chi connectivity index (χ0v) is 12.9. The van der Waals surface area contributed by atoms with Gasteiger partial charge in [0, 0.05) is 11.4 Å². The van der Waals surface area contributed by atoms with Crippen LogP contribution in [0.2, 0.25) is 0 Å². The van der Waals surface area contributed by atoms with Crippen LogP contribution in [0.4, 0.5) is 0 Å². The molecule has 1 fully saturated rings. The summed E-state index contributed by atoms with van der Waals surface area (Å²) in [4.78, 5) is 15.6. The van der Waals surface area contributed by atoms with E-state index in [4.69, 9.17) is 4.74 Å². The van der Waals surface area contributed by atoms with Crippen LogP contribution in [0.3, 0.4) is 0 Å². The van der Waals surface area contributed by atoms with Crippen molar-refractivity contribution in [1.29, 1.82) is 0 Å². The Morgan fingerprint density at radius 3 is 3.05 bits per heavy atom. The molecule has 0 aliphatic carbocycles. The molecule has 3 rings (SSSR count). The van der Waals surface area contributed by atoms with E-state index >= 15 is 0 Å². The first kappa shape index (κ1) is 14.3. The molecule has 1 aromatic carbocycles. The number of benzene rings is 1. The number of amides is 1. The molecule has 1 unspecified atom stereocenters. The summed E-state index contributed by atoms with van der Waals surface area (Å²) in [5.41, 5.74) is 2.28.